The fourth-order valence-corrected chi connectivity index (χ4v) is 3.07. The van der Waals surface area contributed by atoms with Crippen molar-refractivity contribution in [2.45, 2.75) is 39.2 Å². The maximum Gasteiger partial charge on any atom is 0.284 e. The molecule has 0 radical (unpaired) electrons. The quantitative estimate of drug-likeness (QED) is 0.855. The summed E-state index contributed by atoms with van der Waals surface area (Å²) in [5.74, 6) is 1.86. The molecule has 0 unspecified atom stereocenters. The number of rotatable bonds is 2. The number of ether oxygens (including phenoxy) is 2. The first-order chi connectivity index (χ1) is 10.6. The van der Waals surface area contributed by atoms with Gasteiger partial charge in [0.05, 0.1) is 0 Å². The lowest BCUT2D eigenvalue weighted by Gasteiger charge is -2.27. The average Bonchev–Trinajstić information content (AvgIpc) is 2.53. The van der Waals surface area contributed by atoms with Gasteiger partial charge in [0.15, 0.2) is 11.5 Å². The van der Waals surface area contributed by atoms with Gasteiger partial charge in [0.25, 0.3) is 5.91 Å². The normalized spacial score (nSPS) is 29.2. The first-order valence-electron chi connectivity index (χ1n) is 7.91. The number of hydrogen-bond donors (Lipinski definition) is 1. The van der Waals surface area contributed by atoms with Gasteiger partial charge < -0.3 is 9.47 Å². The van der Waals surface area contributed by atoms with Crippen LogP contribution in [0.1, 0.15) is 33.1 Å². The second kappa shape index (κ2) is 6.38. The Morgan fingerprint density at radius 1 is 1.18 bits per heavy atom. The Bertz CT molecular complexity index is 573. The first kappa shape index (κ1) is 14.9. The fourth-order valence-electron chi connectivity index (χ4n) is 3.07. The van der Waals surface area contributed by atoms with E-state index in [0.717, 1.165) is 18.6 Å². The van der Waals surface area contributed by atoms with Crippen LogP contribution < -0.4 is 14.9 Å². The number of carbonyl (C=O) groups excluding carboxylic acids is 1. The summed E-state index contributed by atoms with van der Waals surface area (Å²) >= 11 is 0. The predicted octanol–water partition coefficient (Wildman–Crippen LogP) is 2.75. The molecule has 3 atom stereocenters. The van der Waals surface area contributed by atoms with E-state index in [1.807, 2.05) is 18.2 Å². The van der Waals surface area contributed by atoms with Crippen LogP contribution in [0.3, 0.4) is 0 Å². The molecule has 0 aromatic heterocycles. The van der Waals surface area contributed by atoms with E-state index in [2.05, 4.69) is 24.4 Å². The second-order valence-electron chi connectivity index (χ2n) is 6.11. The van der Waals surface area contributed by atoms with Crippen molar-refractivity contribution in [1.29, 1.82) is 0 Å². The summed E-state index contributed by atoms with van der Waals surface area (Å²) in [6.45, 7) is 4.53. The molecule has 1 heterocycles. The predicted molar refractivity (Wildman–Crippen MR) is 84.1 cm³/mol. The highest BCUT2D eigenvalue weighted by Gasteiger charge is 2.28. The van der Waals surface area contributed by atoms with E-state index in [4.69, 9.17) is 9.47 Å². The Labute approximate surface area is 130 Å². The van der Waals surface area contributed by atoms with Crippen LogP contribution >= 0.6 is 0 Å². The minimum absolute atomic E-state index is 0.207. The van der Waals surface area contributed by atoms with Crippen molar-refractivity contribution in [3.8, 4) is 11.5 Å². The molecule has 1 aliphatic heterocycles. The molecule has 1 aliphatic carbocycles. The zero-order valence-electron chi connectivity index (χ0n) is 13.0. The maximum atomic E-state index is 12.2. The van der Waals surface area contributed by atoms with Gasteiger partial charge in [-0.2, -0.15) is 5.10 Å². The Hall–Kier alpha value is -2.04. The summed E-state index contributed by atoms with van der Waals surface area (Å²) in [5.41, 5.74) is 3.74. The van der Waals surface area contributed by atoms with Crippen molar-refractivity contribution in [3.05, 3.63) is 24.3 Å². The number of para-hydroxylation sites is 2. The van der Waals surface area contributed by atoms with Gasteiger partial charge in [-0.05, 0) is 36.8 Å². The van der Waals surface area contributed by atoms with E-state index in [1.54, 1.807) is 6.07 Å². The second-order valence-corrected chi connectivity index (χ2v) is 6.11. The summed E-state index contributed by atoms with van der Waals surface area (Å²) < 4.78 is 11.2. The number of hydrogen-bond acceptors (Lipinski definition) is 4. The number of hydrazone groups is 1. The van der Waals surface area contributed by atoms with E-state index in [9.17, 15) is 4.79 Å². The van der Waals surface area contributed by atoms with Crippen LogP contribution in [-0.4, -0.2) is 24.3 Å². The number of nitrogens with one attached hydrogen (secondary N) is 1. The SMILES string of the molecule is C[C@@H]1CCC[C@H](C)C1=NNC(=O)[C@@H]1COc2ccccc2O1. The monoisotopic (exact) mass is 302 g/mol. The van der Waals surface area contributed by atoms with E-state index in [0.29, 0.717) is 23.3 Å². The van der Waals surface area contributed by atoms with Crippen LogP contribution in [0.15, 0.2) is 29.4 Å². The third-order valence-electron chi connectivity index (χ3n) is 4.38. The van der Waals surface area contributed by atoms with Crippen molar-refractivity contribution < 1.29 is 14.3 Å². The van der Waals surface area contributed by atoms with Gasteiger partial charge in [0, 0.05) is 5.71 Å². The molecule has 1 saturated carbocycles. The van der Waals surface area contributed by atoms with Crippen LogP contribution in [0.25, 0.3) is 0 Å². The average molecular weight is 302 g/mol. The number of carbonyl (C=O) groups is 1. The molecule has 0 bridgehead atoms. The van der Waals surface area contributed by atoms with Crippen molar-refractivity contribution >= 4 is 11.6 Å². The van der Waals surface area contributed by atoms with Crippen LogP contribution in [0, 0.1) is 11.8 Å². The molecule has 0 saturated heterocycles. The van der Waals surface area contributed by atoms with Crippen molar-refractivity contribution in [2.24, 2.45) is 16.9 Å². The molecule has 1 amide bonds. The molecular weight excluding hydrogens is 280 g/mol. The van der Waals surface area contributed by atoms with Crippen molar-refractivity contribution in [1.82, 2.24) is 5.43 Å². The summed E-state index contributed by atoms with van der Waals surface area (Å²) in [5, 5.41) is 4.36. The Morgan fingerprint density at radius 3 is 2.59 bits per heavy atom. The summed E-state index contributed by atoms with van der Waals surface area (Å²) in [6.07, 6.45) is 2.84. The molecule has 1 N–H and O–H groups in total. The molecule has 0 spiro atoms. The third-order valence-corrected chi connectivity index (χ3v) is 4.38. The molecular formula is C17H22N2O3. The smallest absolute Gasteiger partial charge is 0.284 e. The Balaban J connectivity index is 1.63. The van der Waals surface area contributed by atoms with Crippen LogP contribution in [-0.2, 0) is 4.79 Å². The highest BCUT2D eigenvalue weighted by molar-refractivity contribution is 5.91. The molecule has 5 nitrogen and oxygen atoms in total. The lowest BCUT2D eigenvalue weighted by Crippen LogP contribution is -2.43. The fraction of sp³-hybridized carbons (Fsp3) is 0.529. The molecule has 2 aliphatic rings. The molecule has 118 valence electrons. The summed E-state index contributed by atoms with van der Waals surface area (Å²) in [4.78, 5) is 12.2. The van der Waals surface area contributed by atoms with Gasteiger partial charge in [-0.3, -0.25) is 4.79 Å². The van der Waals surface area contributed by atoms with Crippen molar-refractivity contribution in [3.63, 3.8) is 0 Å². The highest BCUT2D eigenvalue weighted by atomic mass is 16.6. The standard InChI is InChI=1S/C17H22N2O3/c1-11-6-5-7-12(2)16(11)18-19-17(20)15-10-21-13-8-3-4-9-14(13)22-15/h3-4,8-9,11-12,15H,5-7,10H2,1-2H3,(H,19,20)/t11-,12+,15-/m0/s1. The van der Waals surface area contributed by atoms with Crippen LogP contribution in [0.5, 0.6) is 11.5 Å². The van der Waals surface area contributed by atoms with E-state index < -0.39 is 6.10 Å². The summed E-state index contributed by atoms with van der Waals surface area (Å²) in [7, 11) is 0. The lowest BCUT2D eigenvalue weighted by atomic mass is 9.81. The zero-order chi connectivity index (χ0) is 15.5. The number of benzene rings is 1. The zero-order valence-corrected chi connectivity index (χ0v) is 13.0. The van der Waals surface area contributed by atoms with E-state index >= 15 is 0 Å². The first-order valence-corrected chi connectivity index (χ1v) is 7.91. The van der Waals surface area contributed by atoms with Crippen LogP contribution in [0.2, 0.25) is 0 Å². The van der Waals surface area contributed by atoms with Gasteiger partial charge >= 0.3 is 0 Å². The van der Waals surface area contributed by atoms with Crippen molar-refractivity contribution in [2.75, 3.05) is 6.61 Å². The Morgan fingerprint density at radius 2 is 1.86 bits per heavy atom. The largest absolute Gasteiger partial charge is 0.485 e. The van der Waals surface area contributed by atoms with Crippen LogP contribution in [0.4, 0.5) is 0 Å². The minimum atomic E-state index is -0.659. The summed E-state index contributed by atoms with van der Waals surface area (Å²) in [6, 6.07) is 7.36. The minimum Gasteiger partial charge on any atom is -0.485 e. The maximum absolute atomic E-state index is 12.2. The highest BCUT2D eigenvalue weighted by Crippen LogP contribution is 2.31. The van der Waals surface area contributed by atoms with Gasteiger partial charge in [-0.15, -0.1) is 0 Å². The molecule has 1 fully saturated rings. The molecule has 1 aromatic carbocycles. The number of amides is 1. The lowest BCUT2D eigenvalue weighted by molar-refractivity contribution is -0.130. The molecule has 1 aromatic rings. The van der Waals surface area contributed by atoms with E-state index in [-0.39, 0.29) is 12.5 Å². The molecule has 5 heteroatoms. The van der Waals surface area contributed by atoms with Gasteiger partial charge in [0.1, 0.15) is 6.61 Å². The van der Waals surface area contributed by atoms with Gasteiger partial charge in [0.2, 0.25) is 6.10 Å². The van der Waals surface area contributed by atoms with Gasteiger partial charge in [-0.1, -0.05) is 32.4 Å². The molecule has 22 heavy (non-hydrogen) atoms. The topological polar surface area (TPSA) is 59.9 Å². The number of nitrogens with zero attached hydrogens (tertiary/aromatic N) is 1. The van der Waals surface area contributed by atoms with E-state index in [1.165, 1.54) is 6.42 Å². The number of fused-ring (bicyclic) bond motifs is 1. The Kier molecular flexibility index (Phi) is 4.32. The third kappa shape index (κ3) is 3.08. The molecule has 3 rings (SSSR count). The van der Waals surface area contributed by atoms with Gasteiger partial charge in [-0.25, -0.2) is 5.43 Å².